The molecule has 0 unspecified atom stereocenters. The molecule has 0 spiro atoms. The first-order valence-electron chi connectivity index (χ1n) is 4.66. The predicted molar refractivity (Wildman–Crippen MR) is 51.6 cm³/mol. The number of hydrogen-bond acceptors (Lipinski definition) is 2. The molecular formula is C11H11NO2. The molecule has 1 aromatic carbocycles. The van der Waals surface area contributed by atoms with Crippen LogP contribution in [0.2, 0.25) is 0 Å². The van der Waals surface area contributed by atoms with Crippen LogP contribution in [0.1, 0.15) is 24.3 Å². The molecule has 1 aliphatic heterocycles. The maximum absolute atomic E-state index is 11.5. The molecule has 2 amide bonds. The quantitative estimate of drug-likeness (QED) is 0.675. The van der Waals surface area contributed by atoms with Crippen molar-refractivity contribution in [2.75, 3.05) is 0 Å². The van der Waals surface area contributed by atoms with Crippen LogP contribution in [0.5, 0.6) is 0 Å². The van der Waals surface area contributed by atoms with Gasteiger partial charge in [0.1, 0.15) is 0 Å². The maximum Gasteiger partial charge on any atom is 0.234 e. The van der Waals surface area contributed by atoms with E-state index in [9.17, 15) is 9.59 Å². The van der Waals surface area contributed by atoms with Gasteiger partial charge < -0.3 is 0 Å². The van der Waals surface area contributed by atoms with E-state index in [4.69, 9.17) is 0 Å². The molecule has 3 nitrogen and oxygen atoms in total. The van der Waals surface area contributed by atoms with Gasteiger partial charge in [-0.2, -0.15) is 0 Å². The highest BCUT2D eigenvalue weighted by Gasteiger charge is 2.27. The van der Waals surface area contributed by atoms with E-state index in [1.54, 1.807) is 0 Å². The van der Waals surface area contributed by atoms with Gasteiger partial charge >= 0.3 is 0 Å². The second-order valence-electron chi connectivity index (χ2n) is 3.41. The molecule has 1 fully saturated rings. The summed E-state index contributed by atoms with van der Waals surface area (Å²) >= 11 is 0. The lowest BCUT2D eigenvalue weighted by Crippen LogP contribution is -2.39. The zero-order valence-corrected chi connectivity index (χ0v) is 7.69. The van der Waals surface area contributed by atoms with E-state index in [2.05, 4.69) is 5.32 Å². The van der Waals surface area contributed by atoms with Crippen LogP contribution in [0, 0.1) is 0 Å². The van der Waals surface area contributed by atoms with E-state index in [0.29, 0.717) is 12.8 Å². The average Bonchev–Trinajstić information content (AvgIpc) is 2.19. The van der Waals surface area contributed by atoms with E-state index < -0.39 is 0 Å². The highest BCUT2D eigenvalue weighted by Crippen LogP contribution is 2.23. The van der Waals surface area contributed by atoms with E-state index in [-0.39, 0.29) is 17.7 Å². The fourth-order valence-electron chi connectivity index (χ4n) is 1.70. The summed E-state index contributed by atoms with van der Waals surface area (Å²) in [6.07, 6.45) is 1.06. The molecule has 0 aliphatic carbocycles. The summed E-state index contributed by atoms with van der Waals surface area (Å²) in [6, 6.07) is 9.55. The molecule has 1 heterocycles. The van der Waals surface area contributed by atoms with Crippen LogP contribution in [0.3, 0.4) is 0 Å². The summed E-state index contributed by atoms with van der Waals surface area (Å²) in [6.45, 7) is 0. The van der Waals surface area contributed by atoms with Crippen molar-refractivity contribution in [2.45, 2.75) is 18.8 Å². The van der Waals surface area contributed by atoms with Crippen molar-refractivity contribution >= 4 is 11.8 Å². The molecular weight excluding hydrogens is 178 g/mol. The van der Waals surface area contributed by atoms with Gasteiger partial charge in [-0.15, -0.1) is 0 Å². The lowest BCUT2D eigenvalue weighted by atomic mass is 9.91. The summed E-state index contributed by atoms with van der Waals surface area (Å²) in [5.41, 5.74) is 0.984. The molecule has 3 heteroatoms. The van der Waals surface area contributed by atoms with Crippen molar-refractivity contribution in [3.8, 4) is 0 Å². The molecule has 1 aromatic rings. The Balaban J connectivity index is 2.20. The van der Waals surface area contributed by atoms with Gasteiger partial charge in [0.25, 0.3) is 0 Å². The minimum atomic E-state index is -0.174. The number of carbonyl (C=O) groups is 2. The summed E-state index contributed by atoms with van der Waals surface area (Å²) in [7, 11) is 0. The second kappa shape index (κ2) is 3.62. The van der Waals surface area contributed by atoms with Gasteiger partial charge in [0.2, 0.25) is 11.8 Å². The monoisotopic (exact) mass is 189 g/mol. The standard InChI is InChI=1S/C11H11NO2/c13-10-7-6-9(11(14)12-10)8-4-2-1-3-5-8/h1-5,9H,6-7H2,(H,12,13,14)/t9-/m1/s1. The maximum atomic E-state index is 11.5. The smallest absolute Gasteiger partial charge is 0.234 e. The van der Waals surface area contributed by atoms with Gasteiger partial charge in [-0.1, -0.05) is 30.3 Å². The van der Waals surface area contributed by atoms with Crippen LogP contribution in [-0.2, 0) is 9.59 Å². The van der Waals surface area contributed by atoms with Gasteiger partial charge in [0.15, 0.2) is 0 Å². The van der Waals surface area contributed by atoms with Gasteiger partial charge in [-0.25, -0.2) is 0 Å². The van der Waals surface area contributed by atoms with Gasteiger partial charge in [0.05, 0.1) is 5.92 Å². The summed E-state index contributed by atoms with van der Waals surface area (Å²) in [5.74, 6) is -0.497. The fourth-order valence-corrected chi connectivity index (χ4v) is 1.70. The van der Waals surface area contributed by atoms with Crippen molar-refractivity contribution in [3.05, 3.63) is 35.9 Å². The third kappa shape index (κ3) is 1.66. The summed E-state index contributed by atoms with van der Waals surface area (Å²) in [4.78, 5) is 22.4. The first-order chi connectivity index (χ1) is 6.77. The Kier molecular flexibility index (Phi) is 2.31. The molecule has 1 N–H and O–H groups in total. The van der Waals surface area contributed by atoms with Crippen LogP contribution >= 0.6 is 0 Å². The molecule has 14 heavy (non-hydrogen) atoms. The number of nitrogens with one attached hydrogen (secondary N) is 1. The number of rotatable bonds is 1. The number of benzene rings is 1. The van der Waals surface area contributed by atoms with Gasteiger partial charge in [0, 0.05) is 6.42 Å². The van der Waals surface area contributed by atoms with Crippen molar-refractivity contribution in [1.29, 1.82) is 0 Å². The van der Waals surface area contributed by atoms with Crippen molar-refractivity contribution in [2.24, 2.45) is 0 Å². The molecule has 1 aliphatic rings. The summed E-state index contributed by atoms with van der Waals surface area (Å²) in [5, 5.41) is 2.35. The molecule has 1 saturated heterocycles. The number of imide groups is 1. The van der Waals surface area contributed by atoms with Gasteiger partial charge in [-0.3, -0.25) is 14.9 Å². The number of hydrogen-bond donors (Lipinski definition) is 1. The normalized spacial score (nSPS) is 21.9. The summed E-state index contributed by atoms with van der Waals surface area (Å²) < 4.78 is 0. The van der Waals surface area contributed by atoms with E-state index in [1.807, 2.05) is 30.3 Å². The highest BCUT2D eigenvalue weighted by atomic mass is 16.2. The molecule has 1 atom stereocenters. The second-order valence-corrected chi connectivity index (χ2v) is 3.41. The highest BCUT2D eigenvalue weighted by molar-refractivity contribution is 6.00. The van der Waals surface area contributed by atoms with Crippen LogP contribution in [-0.4, -0.2) is 11.8 Å². The van der Waals surface area contributed by atoms with E-state index in [0.717, 1.165) is 5.56 Å². The first-order valence-corrected chi connectivity index (χ1v) is 4.66. The topological polar surface area (TPSA) is 46.2 Å². The molecule has 0 bridgehead atoms. The predicted octanol–water partition coefficient (Wildman–Crippen LogP) is 1.21. The van der Waals surface area contributed by atoms with E-state index >= 15 is 0 Å². The average molecular weight is 189 g/mol. The fraction of sp³-hybridized carbons (Fsp3) is 0.273. The molecule has 0 radical (unpaired) electrons. The van der Waals surface area contributed by atoms with Crippen molar-refractivity contribution in [3.63, 3.8) is 0 Å². The Morgan fingerprint density at radius 1 is 1.14 bits per heavy atom. The molecule has 72 valence electrons. The molecule has 0 saturated carbocycles. The van der Waals surface area contributed by atoms with Crippen LogP contribution < -0.4 is 5.32 Å². The lowest BCUT2D eigenvalue weighted by molar-refractivity contribution is -0.134. The lowest BCUT2D eigenvalue weighted by Gasteiger charge is -2.20. The van der Waals surface area contributed by atoms with Crippen LogP contribution in [0.15, 0.2) is 30.3 Å². The largest absolute Gasteiger partial charge is 0.296 e. The Labute approximate surface area is 82.1 Å². The minimum Gasteiger partial charge on any atom is -0.296 e. The third-order valence-electron chi connectivity index (χ3n) is 2.44. The van der Waals surface area contributed by atoms with Crippen molar-refractivity contribution < 1.29 is 9.59 Å². The Morgan fingerprint density at radius 2 is 1.86 bits per heavy atom. The Hall–Kier alpha value is -1.64. The molecule has 0 aromatic heterocycles. The number of piperidine rings is 1. The minimum absolute atomic E-state index is 0.158. The Morgan fingerprint density at radius 3 is 2.50 bits per heavy atom. The zero-order chi connectivity index (χ0) is 9.97. The van der Waals surface area contributed by atoms with Crippen LogP contribution in [0.25, 0.3) is 0 Å². The third-order valence-corrected chi connectivity index (χ3v) is 2.44. The Bertz CT molecular complexity index is 359. The number of amides is 2. The zero-order valence-electron chi connectivity index (χ0n) is 7.69. The SMILES string of the molecule is O=C1CC[C@H](c2ccccc2)C(=O)N1. The first kappa shape index (κ1) is 8.94. The van der Waals surface area contributed by atoms with Gasteiger partial charge in [-0.05, 0) is 12.0 Å². The van der Waals surface area contributed by atoms with Crippen molar-refractivity contribution in [1.82, 2.24) is 5.32 Å². The number of carbonyl (C=O) groups excluding carboxylic acids is 2. The van der Waals surface area contributed by atoms with Crippen LogP contribution in [0.4, 0.5) is 0 Å². The molecule has 2 rings (SSSR count). The van der Waals surface area contributed by atoms with E-state index in [1.165, 1.54) is 0 Å².